The number of likely N-dealkylation sites (tertiary alicyclic amines) is 1. The number of amides is 1. The average molecular weight is 383 g/mol. The van der Waals surface area contributed by atoms with E-state index in [4.69, 9.17) is 16.6 Å². The molecule has 0 unspecified atom stereocenters. The Labute approximate surface area is 162 Å². The first kappa shape index (κ1) is 17.4. The Morgan fingerprint density at radius 3 is 2.62 bits per heavy atom. The molecule has 26 heavy (non-hydrogen) atoms. The van der Waals surface area contributed by atoms with Crippen LogP contribution in [0.3, 0.4) is 0 Å². The monoisotopic (exact) mass is 382 g/mol. The summed E-state index contributed by atoms with van der Waals surface area (Å²) in [6.07, 6.45) is 3.37. The first-order chi connectivity index (χ1) is 12.7. The second kappa shape index (κ2) is 7.68. The van der Waals surface area contributed by atoms with Gasteiger partial charge in [0, 0.05) is 28.4 Å². The summed E-state index contributed by atoms with van der Waals surface area (Å²) in [5, 5.41) is 2.42. The fraction of sp³-hybridized carbons (Fsp3) is 0.238. The molecule has 1 saturated heterocycles. The predicted octanol–water partition coefficient (Wildman–Crippen LogP) is 5.67. The van der Waals surface area contributed by atoms with E-state index >= 15 is 0 Å². The van der Waals surface area contributed by atoms with Crippen molar-refractivity contribution in [3.05, 3.63) is 65.2 Å². The third-order valence-electron chi connectivity index (χ3n) is 4.58. The molecule has 0 N–H and O–H groups in total. The largest absolute Gasteiger partial charge is 0.339 e. The number of carbonyl (C=O) groups is 1. The summed E-state index contributed by atoms with van der Waals surface area (Å²) in [4.78, 5) is 20.9. The first-order valence-electron chi connectivity index (χ1n) is 8.83. The Kier molecular flexibility index (Phi) is 5.14. The molecular weight excluding hydrogens is 364 g/mol. The average Bonchev–Trinajstić information content (AvgIpc) is 2.67. The van der Waals surface area contributed by atoms with E-state index in [1.54, 1.807) is 0 Å². The molecule has 2 heterocycles. The molecule has 132 valence electrons. The van der Waals surface area contributed by atoms with E-state index in [0.29, 0.717) is 5.02 Å². The number of fused-ring (bicyclic) bond motifs is 1. The van der Waals surface area contributed by atoms with Gasteiger partial charge in [0.2, 0.25) is 0 Å². The minimum Gasteiger partial charge on any atom is -0.339 e. The van der Waals surface area contributed by atoms with Crippen molar-refractivity contribution in [2.75, 3.05) is 13.1 Å². The second-order valence-corrected chi connectivity index (χ2v) is 7.97. The molecule has 0 radical (unpaired) electrons. The van der Waals surface area contributed by atoms with Crippen LogP contribution < -0.4 is 0 Å². The van der Waals surface area contributed by atoms with Crippen LogP contribution in [-0.2, 0) is 0 Å². The van der Waals surface area contributed by atoms with Crippen LogP contribution in [0.4, 0.5) is 0 Å². The second-order valence-electron chi connectivity index (χ2n) is 6.44. The number of halogens is 1. The van der Waals surface area contributed by atoms with Crippen molar-refractivity contribution in [2.45, 2.75) is 29.2 Å². The van der Waals surface area contributed by atoms with Crippen molar-refractivity contribution < 1.29 is 4.79 Å². The number of hydrogen-bond acceptors (Lipinski definition) is 3. The summed E-state index contributed by atoms with van der Waals surface area (Å²) in [5.74, 6) is 0.108. The van der Waals surface area contributed by atoms with Crippen LogP contribution in [0.2, 0.25) is 5.02 Å². The highest BCUT2D eigenvalue weighted by Crippen LogP contribution is 2.31. The van der Waals surface area contributed by atoms with Crippen molar-refractivity contribution in [1.82, 2.24) is 9.88 Å². The van der Waals surface area contributed by atoms with Gasteiger partial charge in [-0.05, 0) is 49.6 Å². The number of nitrogens with zero attached hydrogens (tertiary/aromatic N) is 2. The fourth-order valence-electron chi connectivity index (χ4n) is 3.30. The van der Waals surface area contributed by atoms with Gasteiger partial charge in [0.15, 0.2) is 0 Å². The van der Waals surface area contributed by atoms with E-state index in [1.165, 1.54) is 18.2 Å². The van der Waals surface area contributed by atoms with Crippen LogP contribution in [0.15, 0.2) is 64.5 Å². The minimum atomic E-state index is 0.108. The van der Waals surface area contributed by atoms with Crippen LogP contribution in [0.5, 0.6) is 0 Å². The number of pyridine rings is 1. The molecule has 0 bridgehead atoms. The third kappa shape index (κ3) is 3.71. The number of hydrogen-bond donors (Lipinski definition) is 0. The van der Waals surface area contributed by atoms with Gasteiger partial charge in [0.1, 0.15) is 5.03 Å². The topological polar surface area (TPSA) is 33.2 Å². The molecule has 0 spiro atoms. The number of carbonyl (C=O) groups excluding carboxylic acids is 1. The SMILES string of the molecule is O=C(c1cc(Sc2cccc(Cl)c2)nc2ccccc12)N1CCCCC1. The van der Waals surface area contributed by atoms with E-state index in [2.05, 4.69) is 0 Å². The molecule has 0 aliphatic carbocycles. The van der Waals surface area contributed by atoms with Crippen LogP contribution in [-0.4, -0.2) is 28.9 Å². The minimum absolute atomic E-state index is 0.108. The van der Waals surface area contributed by atoms with Gasteiger partial charge in [-0.15, -0.1) is 0 Å². The van der Waals surface area contributed by atoms with Crippen molar-refractivity contribution in [1.29, 1.82) is 0 Å². The van der Waals surface area contributed by atoms with E-state index in [0.717, 1.165) is 52.3 Å². The highest BCUT2D eigenvalue weighted by Gasteiger charge is 2.21. The zero-order valence-electron chi connectivity index (χ0n) is 14.3. The van der Waals surface area contributed by atoms with Gasteiger partial charge in [-0.1, -0.05) is 47.6 Å². The van der Waals surface area contributed by atoms with Crippen molar-refractivity contribution in [3.63, 3.8) is 0 Å². The summed E-state index contributed by atoms with van der Waals surface area (Å²) >= 11 is 7.62. The maximum absolute atomic E-state index is 13.1. The van der Waals surface area contributed by atoms with Crippen LogP contribution in [0, 0.1) is 0 Å². The Morgan fingerprint density at radius 1 is 1.00 bits per heavy atom. The number of piperidine rings is 1. The van der Waals surface area contributed by atoms with Crippen LogP contribution in [0.25, 0.3) is 10.9 Å². The van der Waals surface area contributed by atoms with Crippen molar-refractivity contribution >= 4 is 40.2 Å². The van der Waals surface area contributed by atoms with E-state index in [9.17, 15) is 4.79 Å². The Bertz CT molecular complexity index is 954. The van der Waals surface area contributed by atoms with Crippen molar-refractivity contribution in [3.8, 4) is 0 Å². The number of para-hydroxylation sites is 1. The lowest BCUT2D eigenvalue weighted by molar-refractivity contribution is 0.0726. The number of aromatic nitrogens is 1. The molecule has 5 heteroatoms. The Balaban J connectivity index is 1.74. The zero-order valence-corrected chi connectivity index (χ0v) is 15.9. The highest BCUT2D eigenvalue weighted by molar-refractivity contribution is 7.99. The van der Waals surface area contributed by atoms with Gasteiger partial charge in [-0.25, -0.2) is 4.98 Å². The van der Waals surface area contributed by atoms with Crippen LogP contribution >= 0.6 is 23.4 Å². The molecule has 1 amide bonds. The van der Waals surface area contributed by atoms with Gasteiger partial charge in [0.25, 0.3) is 5.91 Å². The van der Waals surface area contributed by atoms with Gasteiger partial charge < -0.3 is 4.90 Å². The standard InChI is InChI=1S/C21H19ClN2OS/c22-15-7-6-8-16(13-15)26-20-14-18(17-9-2-3-10-19(17)23-20)21(25)24-11-4-1-5-12-24/h2-3,6-10,13-14H,1,4-5,11-12H2. The van der Waals surface area contributed by atoms with Crippen LogP contribution in [0.1, 0.15) is 29.6 Å². The normalized spacial score (nSPS) is 14.6. The molecule has 1 aromatic heterocycles. The molecule has 2 aromatic carbocycles. The molecule has 0 saturated carbocycles. The van der Waals surface area contributed by atoms with Gasteiger partial charge in [-0.2, -0.15) is 0 Å². The number of rotatable bonds is 3. The predicted molar refractivity (Wildman–Crippen MR) is 107 cm³/mol. The lowest BCUT2D eigenvalue weighted by atomic mass is 10.1. The molecule has 0 atom stereocenters. The Morgan fingerprint density at radius 2 is 1.81 bits per heavy atom. The van der Waals surface area contributed by atoms with E-state index in [-0.39, 0.29) is 5.91 Å². The first-order valence-corrected chi connectivity index (χ1v) is 10.0. The lowest BCUT2D eigenvalue weighted by Crippen LogP contribution is -2.35. The van der Waals surface area contributed by atoms with Gasteiger partial charge >= 0.3 is 0 Å². The molecule has 1 fully saturated rings. The summed E-state index contributed by atoms with van der Waals surface area (Å²) < 4.78 is 0. The van der Waals surface area contributed by atoms with Gasteiger partial charge in [0.05, 0.1) is 11.1 Å². The molecule has 1 aliphatic heterocycles. The summed E-state index contributed by atoms with van der Waals surface area (Å²) in [7, 11) is 0. The summed E-state index contributed by atoms with van der Waals surface area (Å²) in [6.45, 7) is 1.68. The van der Waals surface area contributed by atoms with Crippen molar-refractivity contribution in [2.24, 2.45) is 0 Å². The molecular formula is C21H19ClN2OS. The Hall–Kier alpha value is -2.04. The zero-order chi connectivity index (χ0) is 17.9. The maximum Gasteiger partial charge on any atom is 0.254 e. The smallest absolute Gasteiger partial charge is 0.254 e. The fourth-order valence-corrected chi connectivity index (χ4v) is 4.45. The van der Waals surface area contributed by atoms with E-state index in [1.807, 2.05) is 59.5 Å². The molecule has 1 aliphatic rings. The lowest BCUT2D eigenvalue weighted by Gasteiger charge is -2.27. The third-order valence-corrected chi connectivity index (χ3v) is 5.73. The number of benzene rings is 2. The highest BCUT2D eigenvalue weighted by atomic mass is 35.5. The maximum atomic E-state index is 13.1. The van der Waals surface area contributed by atoms with E-state index < -0.39 is 0 Å². The molecule has 3 nitrogen and oxygen atoms in total. The molecule has 3 aromatic rings. The summed E-state index contributed by atoms with van der Waals surface area (Å²) in [5.41, 5.74) is 1.59. The molecule has 4 rings (SSSR count). The van der Waals surface area contributed by atoms with Gasteiger partial charge in [-0.3, -0.25) is 4.79 Å². The summed E-state index contributed by atoms with van der Waals surface area (Å²) in [6, 6.07) is 17.5. The quantitative estimate of drug-likeness (QED) is 0.585.